The maximum Gasteiger partial charge on any atom is 0.285 e. The number of benzene rings is 1. The Kier molecular flexibility index (Phi) is 4.88. The highest BCUT2D eigenvalue weighted by molar-refractivity contribution is 5.82. The summed E-state index contributed by atoms with van der Waals surface area (Å²) in [5.74, 6) is 0.556. The average Bonchev–Trinajstić information content (AvgIpc) is 3.25. The standard InChI is InChI=1S/C22H24N6O/c1-15(2)13-26-16(3)10-18(17(26)4)11-24-27-14-23-21-20(22(27)29)12-25-28(21)19-8-6-5-7-9-19/h5-12,14-15H,13H2,1-4H3. The number of nitrogens with zero attached hydrogens (tertiary/aromatic N) is 6. The minimum atomic E-state index is -0.246. The number of aryl methyl sites for hydroxylation is 1. The molecule has 0 amide bonds. The lowest BCUT2D eigenvalue weighted by Crippen LogP contribution is -2.17. The van der Waals surface area contributed by atoms with Gasteiger partial charge in [-0.3, -0.25) is 4.79 Å². The smallest absolute Gasteiger partial charge is 0.285 e. The molecule has 3 heterocycles. The van der Waals surface area contributed by atoms with Crippen LogP contribution in [0.25, 0.3) is 16.7 Å². The molecular formula is C22H24N6O. The van der Waals surface area contributed by atoms with E-state index in [-0.39, 0.29) is 5.56 Å². The Balaban J connectivity index is 1.70. The molecule has 0 unspecified atom stereocenters. The first kappa shape index (κ1) is 18.9. The van der Waals surface area contributed by atoms with E-state index in [1.54, 1.807) is 10.9 Å². The summed E-state index contributed by atoms with van der Waals surface area (Å²) in [6.45, 7) is 9.51. The number of rotatable bonds is 5. The molecule has 0 bridgehead atoms. The van der Waals surface area contributed by atoms with Crippen LogP contribution in [0, 0.1) is 19.8 Å². The van der Waals surface area contributed by atoms with Gasteiger partial charge < -0.3 is 4.57 Å². The van der Waals surface area contributed by atoms with Gasteiger partial charge in [0.25, 0.3) is 5.56 Å². The third-order valence-corrected chi connectivity index (χ3v) is 4.95. The third-order valence-electron chi connectivity index (χ3n) is 4.95. The summed E-state index contributed by atoms with van der Waals surface area (Å²) in [6, 6.07) is 11.7. The lowest BCUT2D eigenvalue weighted by Gasteiger charge is -2.11. The zero-order valence-electron chi connectivity index (χ0n) is 17.1. The molecule has 1 aromatic carbocycles. The second kappa shape index (κ2) is 7.50. The van der Waals surface area contributed by atoms with Crippen LogP contribution in [0.5, 0.6) is 0 Å². The largest absolute Gasteiger partial charge is 0.348 e. The number of hydrogen-bond donors (Lipinski definition) is 0. The highest BCUT2D eigenvalue weighted by atomic mass is 16.1. The van der Waals surface area contributed by atoms with Crippen molar-refractivity contribution in [3.05, 3.63) is 76.2 Å². The third kappa shape index (κ3) is 3.51. The summed E-state index contributed by atoms with van der Waals surface area (Å²) in [7, 11) is 0. The molecule has 0 saturated carbocycles. The van der Waals surface area contributed by atoms with Gasteiger partial charge in [0.15, 0.2) is 5.65 Å². The Bertz CT molecular complexity index is 1240. The fourth-order valence-corrected chi connectivity index (χ4v) is 3.47. The van der Waals surface area contributed by atoms with Crippen LogP contribution in [0.15, 0.2) is 58.8 Å². The van der Waals surface area contributed by atoms with Gasteiger partial charge in [0, 0.05) is 23.5 Å². The van der Waals surface area contributed by atoms with Crippen molar-refractivity contribution < 1.29 is 0 Å². The van der Waals surface area contributed by atoms with Crippen LogP contribution in [0.4, 0.5) is 0 Å². The van der Waals surface area contributed by atoms with Crippen molar-refractivity contribution in [1.82, 2.24) is 24.0 Å². The molecule has 0 aliphatic heterocycles. The SMILES string of the molecule is Cc1cc(C=Nn2cnc3c(cnn3-c3ccccc3)c2=O)c(C)n1CC(C)C. The number of para-hydroxylation sites is 1. The first-order valence-corrected chi connectivity index (χ1v) is 9.67. The van der Waals surface area contributed by atoms with E-state index in [0.717, 1.165) is 23.5 Å². The van der Waals surface area contributed by atoms with E-state index in [4.69, 9.17) is 0 Å². The molecule has 0 spiro atoms. The van der Waals surface area contributed by atoms with Gasteiger partial charge in [0.1, 0.15) is 11.7 Å². The average molecular weight is 388 g/mol. The van der Waals surface area contributed by atoms with Crippen LogP contribution in [0.3, 0.4) is 0 Å². The van der Waals surface area contributed by atoms with Gasteiger partial charge in [0.05, 0.1) is 18.1 Å². The Labute approximate surface area is 168 Å². The van der Waals surface area contributed by atoms with Crippen molar-refractivity contribution in [2.24, 2.45) is 11.0 Å². The van der Waals surface area contributed by atoms with Crippen molar-refractivity contribution >= 4 is 17.2 Å². The summed E-state index contributed by atoms with van der Waals surface area (Å²) < 4.78 is 5.19. The number of aromatic nitrogens is 5. The van der Waals surface area contributed by atoms with Crippen molar-refractivity contribution in [2.45, 2.75) is 34.2 Å². The summed E-state index contributed by atoms with van der Waals surface area (Å²) in [4.78, 5) is 17.3. The minimum absolute atomic E-state index is 0.246. The lowest BCUT2D eigenvalue weighted by molar-refractivity contribution is 0.509. The Morgan fingerprint density at radius 2 is 1.93 bits per heavy atom. The molecule has 0 aliphatic carbocycles. The molecule has 4 aromatic rings. The molecule has 0 saturated heterocycles. The summed E-state index contributed by atoms with van der Waals surface area (Å²) in [5.41, 5.74) is 4.44. The van der Waals surface area contributed by atoms with Crippen LogP contribution in [-0.4, -0.2) is 30.2 Å². The van der Waals surface area contributed by atoms with Crippen molar-refractivity contribution in [3.8, 4) is 5.69 Å². The molecule has 3 aromatic heterocycles. The Morgan fingerprint density at radius 3 is 2.66 bits per heavy atom. The normalized spacial score (nSPS) is 11.9. The van der Waals surface area contributed by atoms with Crippen LogP contribution in [0.2, 0.25) is 0 Å². The van der Waals surface area contributed by atoms with Crippen LogP contribution in [0.1, 0.15) is 30.8 Å². The number of fused-ring (bicyclic) bond motifs is 1. The molecule has 0 atom stereocenters. The van der Waals surface area contributed by atoms with Gasteiger partial charge in [-0.1, -0.05) is 32.0 Å². The zero-order valence-corrected chi connectivity index (χ0v) is 17.1. The fraction of sp³-hybridized carbons (Fsp3) is 0.273. The molecular weight excluding hydrogens is 364 g/mol. The maximum atomic E-state index is 12.8. The second-order valence-corrected chi connectivity index (χ2v) is 7.60. The molecule has 29 heavy (non-hydrogen) atoms. The molecule has 0 fully saturated rings. The highest BCUT2D eigenvalue weighted by Gasteiger charge is 2.12. The van der Waals surface area contributed by atoms with Gasteiger partial charge in [-0.15, -0.1) is 0 Å². The van der Waals surface area contributed by atoms with Gasteiger partial charge in [0.2, 0.25) is 0 Å². The van der Waals surface area contributed by atoms with Gasteiger partial charge in [-0.2, -0.15) is 14.9 Å². The van der Waals surface area contributed by atoms with Gasteiger partial charge in [-0.25, -0.2) is 9.67 Å². The predicted octanol–water partition coefficient (Wildman–Crippen LogP) is 3.54. The van der Waals surface area contributed by atoms with E-state index < -0.39 is 0 Å². The van der Waals surface area contributed by atoms with Gasteiger partial charge >= 0.3 is 0 Å². The van der Waals surface area contributed by atoms with Crippen molar-refractivity contribution in [2.75, 3.05) is 0 Å². The van der Waals surface area contributed by atoms with Crippen LogP contribution < -0.4 is 5.56 Å². The summed E-state index contributed by atoms with van der Waals surface area (Å²) >= 11 is 0. The Hall–Kier alpha value is -3.48. The highest BCUT2D eigenvalue weighted by Crippen LogP contribution is 2.16. The van der Waals surface area contributed by atoms with E-state index >= 15 is 0 Å². The molecule has 0 aliphatic rings. The number of hydrogen-bond acceptors (Lipinski definition) is 4. The van der Waals surface area contributed by atoms with Crippen LogP contribution >= 0.6 is 0 Å². The van der Waals surface area contributed by atoms with E-state index in [0.29, 0.717) is 17.0 Å². The van der Waals surface area contributed by atoms with Crippen molar-refractivity contribution in [3.63, 3.8) is 0 Å². The fourth-order valence-electron chi connectivity index (χ4n) is 3.47. The van der Waals surface area contributed by atoms with E-state index in [2.05, 4.69) is 53.5 Å². The molecule has 148 valence electrons. The van der Waals surface area contributed by atoms with Crippen molar-refractivity contribution in [1.29, 1.82) is 0 Å². The maximum absolute atomic E-state index is 12.8. The molecule has 7 nitrogen and oxygen atoms in total. The monoisotopic (exact) mass is 388 g/mol. The minimum Gasteiger partial charge on any atom is -0.348 e. The quantitative estimate of drug-likeness (QED) is 0.491. The zero-order chi connectivity index (χ0) is 20.5. The Morgan fingerprint density at radius 1 is 1.17 bits per heavy atom. The second-order valence-electron chi connectivity index (χ2n) is 7.60. The van der Waals surface area contributed by atoms with E-state index in [1.165, 1.54) is 22.9 Å². The van der Waals surface area contributed by atoms with E-state index in [9.17, 15) is 4.79 Å². The summed E-state index contributed by atoms with van der Waals surface area (Å²) in [6.07, 6.45) is 4.70. The van der Waals surface area contributed by atoms with Gasteiger partial charge in [-0.05, 0) is 38.0 Å². The first-order chi connectivity index (χ1) is 14.0. The predicted molar refractivity (Wildman–Crippen MR) is 115 cm³/mol. The molecule has 4 rings (SSSR count). The molecule has 0 N–H and O–H groups in total. The van der Waals surface area contributed by atoms with E-state index in [1.807, 2.05) is 30.3 Å². The van der Waals surface area contributed by atoms with Crippen LogP contribution in [-0.2, 0) is 6.54 Å². The topological polar surface area (TPSA) is 70.0 Å². The molecule has 7 heteroatoms. The molecule has 0 radical (unpaired) electrons. The first-order valence-electron chi connectivity index (χ1n) is 9.67. The summed E-state index contributed by atoms with van der Waals surface area (Å²) in [5, 5.41) is 9.13. The lowest BCUT2D eigenvalue weighted by atomic mass is 10.2.